The fourth-order valence-corrected chi connectivity index (χ4v) is 3.52. The predicted octanol–water partition coefficient (Wildman–Crippen LogP) is 3.90. The first-order chi connectivity index (χ1) is 12.9. The summed E-state index contributed by atoms with van der Waals surface area (Å²) in [6.07, 6.45) is 3.53. The average molecular weight is 373 g/mol. The van der Waals surface area contributed by atoms with Crippen molar-refractivity contribution >= 4 is 5.91 Å². The molecule has 0 saturated heterocycles. The summed E-state index contributed by atoms with van der Waals surface area (Å²) in [6.45, 7) is 7.54. The summed E-state index contributed by atoms with van der Waals surface area (Å²) in [7, 11) is 0. The molecule has 0 saturated carbocycles. The van der Waals surface area contributed by atoms with Gasteiger partial charge < -0.3 is 10.1 Å². The van der Waals surface area contributed by atoms with Crippen molar-refractivity contribution in [3.05, 3.63) is 47.0 Å². The summed E-state index contributed by atoms with van der Waals surface area (Å²) >= 11 is 0. The van der Waals surface area contributed by atoms with E-state index >= 15 is 0 Å². The van der Waals surface area contributed by atoms with Crippen molar-refractivity contribution in [1.29, 1.82) is 0 Å². The van der Waals surface area contributed by atoms with E-state index in [0.717, 1.165) is 30.5 Å². The third kappa shape index (κ3) is 4.67. The Labute approximate surface area is 159 Å². The molecule has 1 aromatic heterocycles. The molecule has 1 heterocycles. The van der Waals surface area contributed by atoms with Crippen molar-refractivity contribution in [2.75, 3.05) is 13.2 Å². The first-order valence-corrected chi connectivity index (χ1v) is 9.58. The minimum atomic E-state index is -0.377. The highest BCUT2D eigenvalue weighted by Gasteiger charge is 2.32. The van der Waals surface area contributed by atoms with E-state index in [9.17, 15) is 9.18 Å². The fraction of sp³-hybridized carbons (Fsp3) is 0.524. The Bertz CT molecular complexity index is 795. The van der Waals surface area contributed by atoms with Crippen molar-refractivity contribution in [3.63, 3.8) is 0 Å². The number of para-hydroxylation sites is 1. The third-order valence-electron chi connectivity index (χ3n) is 5.29. The molecule has 5 nitrogen and oxygen atoms in total. The fourth-order valence-electron chi connectivity index (χ4n) is 3.52. The smallest absolute Gasteiger partial charge is 0.272 e. The molecule has 6 heteroatoms. The molecule has 1 atom stereocenters. The molecule has 1 aromatic carbocycles. The van der Waals surface area contributed by atoms with Gasteiger partial charge in [0.1, 0.15) is 0 Å². The molecule has 1 aliphatic rings. The first-order valence-electron chi connectivity index (χ1n) is 9.58. The Hall–Kier alpha value is -2.37. The largest absolute Gasteiger partial charge is 0.490 e. The van der Waals surface area contributed by atoms with Crippen molar-refractivity contribution < 1.29 is 13.9 Å². The molecule has 1 amide bonds. The predicted molar refractivity (Wildman–Crippen MR) is 102 cm³/mol. The normalized spacial score (nSPS) is 16.7. The van der Waals surface area contributed by atoms with Gasteiger partial charge in [-0.25, -0.2) is 4.39 Å². The highest BCUT2D eigenvalue weighted by atomic mass is 19.1. The molecular weight excluding hydrogens is 345 g/mol. The molecule has 0 radical (unpaired) electrons. The standard InChI is InChI=1S/C21H28FN3O2/c1-21(2,3)14-9-10-17-15(13-14)19(25-24-17)20(26)23-11-6-12-27-18-8-5-4-7-16(18)22/h4-5,7-8,14H,6,9-13H2,1-3H3,(H,23,26)(H,24,25)/t14-/m1/s1. The molecule has 1 aliphatic carbocycles. The second kappa shape index (κ2) is 8.11. The molecule has 0 fully saturated rings. The third-order valence-corrected chi connectivity index (χ3v) is 5.29. The van der Waals surface area contributed by atoms with E-state index in [4.69, 9.17) is 4.74 Å². The van der Waals surface area contributed by atoms with Crippen LogP contribution in [0, 0.1) is 17.2 Å². The van der Waals surface area contributed by atoms with E-state index in [1.807, 2.05) is 0 Å². The summed E-state index contributed by atoms with van der Waals surface area (Å²) in [5.74, 6) is 0.243. The van der Waals surface area contributed by atoms with Gasteiger partial charge in [0.05, 0.1) is 6.61 Å². The number of nitrogens with one attached hydrogen (secondary N) is 2. The number of amides is 1. The average Bonchev–Trinajstić information content (AvgIpc) is 3.05. The quantitative estimate of drug-likeness (QED) is 0.755. The number of ether oxygens (including phenoxy) is 1. The number of H-pyrrole nitrogens is 1. The minimum absolute atomic E-state index is 0.159. The lowest BCUT2D eigenvalue weighted by Gasteiger charge is -2.33. The van der Waals surface area contributed by atoms with Crippen LogP contribution in [-0.4, -0.2) is 29.3 Å². The van der Waals surface area contributed by atoms with Crippen LogP contribution in [-0.2, 0) is 12.8 Å². The number of nitrogens with zero attached hydrogens (tertiary/aromatic N) is 1. The van der Waals surface area contributed by atoms with E-state index in [2.05, 4.69) is 36.3 Å². The van der Waals surface area contributed by atoms with Crippen LogP contribution in [0.25, 0.3) is 0 Å². The minimum Gasteiger partial charge on any atom is -0.490 e. The topological polar surface area (TPSA) is 67.0 Å². The van der Waals surface area contributed by atoms with Gasteiger partial charge in [0, 0.05) is 17.8 Å². The molecule has 2 aromatic rings. The summed E-state index contributed by atoms with van der Waals surface area (Å²) in [4.78, 5) is 12.5. The van der Waals surface area contributed by atoms with Crippen LogP contribution in [0.1, 0.15) is 55.4 Å². The summed E-state index contributed by atoms with van der Waals surface area (Å²) in [6, 6.07) is 6.31. The van der Waals surface area contributed by atoms with Crippen LogP contribution in [0.5, 0.6) is 5.75 Å². The monoisotopic (exact) mass is 373 g/mol. The molecule has 2 N–H and O–H groups in total. The number of hydrogen-bond donors (Lipinski definition) is 2. The van der Waals surface area contributed by atoms with Gasteiger partial charge in [0.25, 0.3) is 5.91 Å². The number of aromatic amines is 1. The number of aromatic nitrogens is 2. The second-order valence-electron chi connectivity index (χ2n) is 8.22. The number of carbonyl (C=O) groups is 1. The van der Waals surface area contributed by atoms with E-state index in [-0.39, 0.29) is 22.9 Å². The van der Waals surface area contributed by atoms with E-state index in [1.165, 1.54) is 6.07 Å². The van der Waals surface area contributed by atoms with E-state index in [1.54, 1.807) is 18.2 Å². The maximum atomic E-state index is 13.5. The molecular formula is C21H28FN3O2. The van der Waals surface area contributed by atoms with Crippen LogP contribution in [0.3, 0.4) is 0 Å². The Morgan fingerprint density at radius 2 is 2.15 bits per heavy atom. The number of fused-ring (bicyclic) bond motifs is 1. The number of carbonyl (C=O) groups excluding carboxylic acids is 1. The van der Waals surface area contributed by atoms with Crippen molar-refractivity contribution in [2.45, 2.75) is 46.5 Å². The van der Waals surface area contributed by atoms with Crippen LogP contribution in [0.2, 0.25) is 0 Å². The first kappa shape index (κ1) is 19.4. The van der Waals surface area contributed by atoms with Crippen molar-refractivity contribution in [1.82, 2.24) is 15.5 Å². The van der Waals surface area contributed by atoms with E-state index in [0.29, 0.717) is 31.2 Å². The lowest BCUT2D eigenvalue weighted by atomic mass is 9.71. The maximum absolute atomic E-state index is 13.5. The van der Waals surface area contributed by atoms with Gasteiger partial charge >= 0.3 is 0 Å². The summed E-state index contributed by atoms with van der Waals surface area (Å²) in [5, 5.41) is 10.2. The molecule has 27 heavy (non-hydrogen) atoms. The van der Waals surface area contributed by atoms with Gasteiger partial charge in [-0.05, 0) is 49.1 Å². The maximum Gasteiger partial charge on any atom is 0.272 e. The highest BCUT2D eigenvalue weighted by molar-refractivity contribution is 5.94. The second-order valence-corrected chi connectivity index (χ2v) is 8.22. The summed E-state index contributed by atoms with van der Waals surface area (Å²) < 4.78 is 18.9. The Morgan fingerprint density at radius 3 is 2.89 bits per heavy atom. The number of halogens is 1. The molecule has 0 bridgehead atoms. The summed E-state index contributed by atoms with van der Waals surface area (Å²) in [5.41, 5.74) is 2.87. The van der Waals surface area contributed by atoms with Crippen LogP contribution >= 0.6 is 0 Å². The van der Waals surface area contributed by atoms with Crippen LogP contribution < -0.4 is 10.1 Å². The zero-order chi connectivity index (χ0) is 19.4. The number of hydrogen-bond acceptors (Lipinski definition) is 3. The van der Waals surface area contributed by atoms with Gasteiger partial charge in [-0.15, -0.1) is 0 Å². The zero-order valence-electron chi connectivity index (χ0n) is 16.3. The molecule has 146 valence electrons. The van der Waals surface area contributed by atoms with Crippen LogP contribution in [0.15, 0.2) is 24.3 Å². The lowest BCUT2D eigenvalue weighted by Crippen LogP contribution is -2.30. The lowest BCUT2D eigenvalue weighted by molar-refractivity contribution is 0.0944. The number of aryl methyl sites for hydroxylation is 1. The van der Waals surface area contributed by atoms with Gasteiger partial charge in [-0.2, -0.15) is 5.10 Å². The van der Waals surface area contributed by atoms with Crippen LogP contribution in [0.4, 0.5) is 4.39 Å². The zero-order valence-corrected chi connectivity index (χ0v) is 16.3. The Kier molecular flexibility index (Phi) is 5.82. The van der Waals surface area contributed by atoms with Gasteiger partial charge in [0.15, 0.2) is 17.3 Å². The number of rotatable bonds is 6. The van der Waals surface area contributed by atoms with Gasteiger partial charge in [-0.1, -0.05) is 32.9 Å². The molecule has 0 unspecified atom stereocenters. The molecule has 0 aliphatic heterocycles. The van der Waals surface area contributed by atoms with Crippen molar-refractivity contribution in [2.24, 2.45) is 11.3 Å². The molecule has 3 rings (SSSR count). The van der Waals surface area contributed by atoms with Gasteiger partial charge in [-0.3, -0.25) is 9.89 Å². The Morgan fingerprint density at radius 1 is 1.37 bits per heavy atom. The highest BCUT2D eigenvalue weighted by Crippen LogP contribution is 2.37. The van der Waals surface area contributed by atoms with Gasteiger partial charge in [0.2, 0.25) is 0 Å². The molecule has 0 spiro atoms. The van der Waals surface area contributed by atoms with Crippen molar-refractivity contribution in [3.8, 4) is 5.75 Å². The van der Waals surface area contributed by atoms with E-state index < -0.39 is 0 Å². The SMILES string of the molecule is CC(C)(C)[C@@H]1CCc2[nH]nc(C(=O)NCCCOc3ccccc3F)c2C1. The number of benzene rings is 1. The Balaban J connectivity index is 1.50.